The van der Waals surface area contributed by atoms with Crippen molar-refractivity contribution in [2.24, 2.45) is 13.0 Å². The lowest BCUT2D eigenvalue weighted by molar-refractivity contribution is -0.141. The molecule has 0 unspecified atom stereocenters. The van der Waals surface area contributed by atoms with Crippen molar-refractivity contribution >= 4 is 28.7 Å². The molecule has 1 amide bonds. The molecule has 7 rings (SSSR count). The Morgan fingerprint density at radius 2 is 1.90 bits per heavy atom. The molecule has 13 nitrogen and oxygen atoms in total. The molecule has 0 radical (unpaired) electrons. The summed E-state index contributed by atoms with van der Waals surface area (Å²) in [5.41, 5.74) is 8.84. The molecule has 262 valence electrons. The Morgan fingerprint density at radius 3 is 2.65 bits per heavy atom. The van der Waals surface area contributed by atoms with Crippen molar-refractivity contribution in [1.82, 2.24) is 29.3 Å². The Kier molecular flexibility index (Phi) is 9.15. The quantitative estimate of drug-likeness (QED) is 0.196. The fourth-order valence-corrected chi connectivity index (χ4v) is 7.38. The smallest absolute Gasteiger partial charge is 0.307 e. The maximum absolute atomic E-state index is 13.6. The number of nitrogens with zero attached hydrogens (tertiary/aromatic N) is 7. The lowest BCUT2D eigenvalue weighted by atomic mass is 9.95. The predicted octanol–water partition coefficient (Wildman–Crippen LogP) is 4.68. The topological polar surface area (TPSA) is 174 Å². The number of aliphatic hydroxyl groups excluding tert-OH is 1. The first-order chi connectivity index (χ1) is 24.5. The number of hydrogen-bond acceptors (Lipinski definition) is 10. The van der Waals surface area contributed by atoms with Crippen molar-refractivity contribution in [2.75, 3.05) is 31.5 Å². The molecule has 2 aliphatic rings. The van der Waals surface area contributed by atoms with Gasteiger partial charge in [0.1, 0.15) is 11.6 Å². The van der Waals surface area contributed by atoms with Gasteiger partial charge in [-0.1, -0.05) is 12.1 Å². The summed E-state index contributed by atoms with van der Waals surface area (Å²) < 4.78 is 8.07. The number of aliphatic carboxylic acids is 1. The predicted molar refractivity (Wildman–Crippen MR) is 190 cm³/mol. The summed E-state index contributed by atoms with van der Waals surface area (Å²) in [6.45, 7) is 9.30. The minimum atomic E-state index is -0.783. The van der Waals surface area contributed by atoms with Crippen LogP contribution in [0.5, 0.6) is 0 Å². The van der Waals surface area contributed by atoms with E-state index < -0.39 is 12.1 Å². The average Bonchev–Trinajstić information content (AvgIpc) is 3.83. The number of aromatic nitrogens is 4. The fourth-order valence-electron chi connectivity index (χ4n) is 7.38. The second-order valence-corrected chi connectivity index (χ2v) is 13.7. The number of benzene rings is 2. The number of pyridine rings is 1. The fraction of sp³-hybridized carbons (Fsp3) is 0.368. The van der Waals surface area contributed by atoms with E-state index in [1.165, 1.54) is 0 Å². The minimum absolute atomic E-state index is 0.302. The van der Waals surface area contributed by atoms with Crippen LogP contribution in [0.3, 0.4) is 0 Å². The summed E-state index contributed by atoms with van der Waals surface area (Å²) >= 11 is 0. The molecule has 0 spiro atoms. The maximum atomic E-state index is 13.6. The number of nitrogens with one attached hydrogen (secondary N) is 1. The largest absolute Gasteiger partial charge is 0.481 e. The molecule has 2 aliphatic heterocycles. The van der Waals surface area contributed by atoms with Gasteiger partial charge in [0.05, 0.1) is 28.8 Å². The zero-order chi connectivity index (χ0) is 36.0. The number of hydrogen-bond donors (Lipinski definition) is 3. The zero-order valence-corrected chi connectivity index (χ0v) is 29.1. The Balaban J connectivity index is 1.14. The first-order valence-corrected chi connectivity index (χ1v) is 17.1. The highest BCUT2D eigenvalue weighted by molar-refractivity contribution is 6.03. The number of carboxylic acid groups (broad SMARTS) is 1. The summed E-state index contributed by atoms with van der Waals surface area (Å²) in [5.74, 6) is -0.792. The summed E-state index contributed by atoms with van der Waals surface area (Å²) in [4.78, 5) is 43.3. The van der Waals surface area contributed by atoms with Gasteiger partial charge in [0.2, 0.25) is 5.89 Å². The molecule has 0 bridgehead atoms. The lowest BCUT2D eigenvalue weighted by Crippen LogP contribution is -2.36. The molecule has 3 N–H and O–H groups in total. The minimum Gasteiger partial charge on any atom is -0.481 e. The van der Waals surface area contributed by atoms with E-state index in [-0.39, 0.29) is 11.8 Å². The molecule has 2 atom stereocenters. The van der Waals surface area contributed by atoms with Gasteiger partial charge in [-0.2, -0.15) is 5.26 Å². The van der Waals surface area contributed by atoms with E-state index in [2.05, 4.69) is 26.2 Å². The molecular weight excluding hydrogens is 648 g/mol. The lowest BCUT2D eigenvalue weighted by Gasteiger charge is -2.27. The monoisotopic (exact) mass is 688 g/mol. The van der Waals surface area contributed by atoms with E-state index in [9.17, 15) is 25.1 Å². The maximum Gasteiger partial charge on any atom is 0.307 e. The molecule has 5 heterocycles. The van der Waals surface area contributed by atoms with Gasteiger partial charge in [-0.3, -0.25) is 24.4 Å². The van der Waals surface area contributed by atoms with Crippen LogP contribution < -0.4 is 5.32 Å². The van der Waals surface area contributed by atoms with Crippen molar-refractivity contribution < 1.29 is 24.2 Å². The van der Waals surface area contributed by atoms with Gasteiger partial charge in [0.25, 0.3) is 5.91 Å². The third kappa shape index (κ3) is 6.61. The molecule has 13 heteroatoms. The molecule has 0 aliphatic carbocycles. The normalized spacial score (nSPS) is 17.0. The number of fused-ring (bicyclic) bond motifs is 2. The number of β-amino-alcohol motifs (C(OH)–C–C–N with tert-alkyl or cyclic N) is 1. The standard InChI is InChI=1S/C38H40N8O5/c1-21(47)17-45-11-9-33-32(20-45)41-35(44(33)4)36(48)42-30-7-5-6-27(23(30)3)28-15-40-16-29(22(28)2)37-43-31-13-24(12-26(14-39)34(31)51-37)18-46-10-8-25(19-46)38(49)50/h5-7,12-13,15-16,21,25,47H,8-11,17-20H2,1-4H3,(H,42,48)(H,49,50)/t21-,25+/m0/s1. The van der Waals surface area contributed by atoms with Crippen LogP contribution in [0.4, 0.5) is 5.69 Å². The van der Waals surface area contributed by atoms with Crippen LogP contribution in [-0.4, -0.2) is 83.7 Å². The highest BCUT2D eigenvalue weighted by Crippen LogP contribution is 2.36. The molecule has 1 fully saturated rings. The molecule has 1 saturated heterocycles. The van der Waals surface area contributed by atoms with Crippen molar-refractivity contribution in [3.05, 3.63) is 82.2 Å². The number of amides is 1. The number of carboxylic acids is 1. The van der Waals surface area contributed by atoms with Crippen LogP contribution in [0.15, 0.2) is 47.1 Å². The highest BCUT2D eigenvalue weighted by atomic mass is 16.4. The van der Waals surface area contributed by atoms with E-state index in [0.717, 1.165) is 52.2 Å². The van der Waals surface area contributed by atoms with Gasteiger partial charge >= 0.3 is 5.97 Å². The van der Waals surface area contributed by atoms with Crippen molar-refractivity contribution in [2.45, 2.75) is 52.8 Å². The van der Waals surface area contributed by atoms with Crippen LogP contribution in [0.1, 0.15) is 57.6 Å². The Labute approximate surface area is 295 Å². The summed E-state index contributed by atoms with van der Waals surface area (Å²) in [6.07, 6.45) is 4.39. The first-order valence-electron chi connectivity index (χ1n) is 17.1. The van der Waals surface area contributed by atoms with Crippen molar-refractivity contribution in [1.29, 1.82) is 5.26 Å². The second kappa shape index (κ2) is 13.7. The third-order valence-electron chi connectivity index (χ3n) is 10.1. The van der Waals surface area contributed by atoms with E-state index in [4.69, 9.17) is 14.4 Å². The van der Waals surface area contributed by atoms with Crippen molar-refractivity contribution in [3.8, 4) is 28.7 Å². The highest BCUT2D eigenvalue weighted by Gasteiger charge is 2.29. The number of aliphatic hydroxyl groups is 1. The van der Waals surface area contributed by atoms with Crippen LogP contribution in [0, 0.1) is 31.1 Å². The van der Waals surface area contributed by atoms with Crippen LogP contribution >= 0.6 is 0 Å². The number of likely N-dealkylation sites (tertiary alicyclic amines) is 1. The first kappa shape index (κ1) is 34.0. The number of oxazole rings is 1. The SMILES string of the molecule is Cc1c(NC(=O)c2nc3c(n2C)CCN(C[C@H](C)O)C3)cccc1-c1cncc(-c2nc3cc(CN4CC[C@@H](C(=O)O)C4)cc(C#N)c3o2)c1C. The van der Waals surface area contributed by atoms with Gasteiger partial charge in [-0.25, -0.2) is 9.97 Å². The number of imidazole rings is 1. The zero-order valence-electron chi connectivity index (χ0n) is 29.1. The number of rotatable bonds is 9. The van der Waals surface area contributed by atoms with E-state index in [1.807, 2.05) is 49.7 Å². The summed E-state index contributed by atoms with van der Waals surface area (Å²) in [7, 11) is 1.87. The van der Waals surface area contributed by atoms with Gasteiger partial charge in [-0.15, -0.1) is 0 Å². The number of carbonyl (C=O) groups excluding carboxylic acids is 1. The molecule has 0 saturated carbocycles. The van der Waals surface area contributed by atoms with Crippen LogP contribution in [0.2, 0.25) is 0 Å². The van der Waals surface area contributed by atoms with Crippen LogP contribution in [-0.2, 0) is 31.4 Å². The Morgan fingerprint density at radius 1 is 1.10 bits per heavy atom. The van der Waals surface area contributed by atoms with Gasteiger partial charge < -0.3 is 24.5 Å². The molecule has 2 aromatic carbocycles. The van der Waals surface area contributed by atoms with E-state index >= 15 is 0 Å². The molecule has 5 aromatic rings. The van der Waals surface area contributed by atoms with Gasteiger partial charge in [0, 0.05) is 75.5 Å². The Bertz CT molecular complexity index is 2210. The second-order valence-electron chi connectivity index (χ2n) is 13.7. The molecule has 51 heavy (non-hydrogen) atoms. The summed E-state index contributed by atoms with van der Waals surface area (Å²) in [5, 5.41) is 32.3. The van der Waals surface area contributed by atoms with E-state index in [1.54, 1.807) is 25.4 Å². The number of nitriles is 1. The molecular formula is C38H40N8O5. The number of carbonyl (C=O) groups is 2. The van der Waals surface area contributed by atoms with Gasteiger partial charge in [0.15, 0.2) is 11.4 Å². The van der Waals surface area contributed by atoms with Gasteiger partial charge in [-0.05, 0) is 74.2 Å². The third-order valence-corrected chi connectivity index (χ3v) is 10.1. The number of anilines is 1. The van der Waals surface area contributed by atoms with E-state index in [0.29, 0.717) is 78.8 Å². The average molecular weight is 689 g/mol. The van der Waals surface area contributed by atoms with Crippen molar-refractivity contribution in [3.63, 3.8) is 0 Å². The summed E-state index contributed by atoms with van der Waals surface area (Å²) in [6, 6.07) is 11.6. The Hall–Kier alpha value is -5.42. The van der Waals surface area contributed by atoms with Crippen LogP contribution in [0.25, 0.3) is 33.7 Å². The molecule has 3 aromatic heterocycles.